The first-order chi connectivity index (χ1) is 16.3. The molecule has 4 N–H and O–H groups in total. The van der Waals surface area contributed by atoms with Crippen molar-refractivity contribution in [2.24, 2.45) is 0 Å². The molecule has 0 unspecified atom stereocenters. The fourth-order valence-electron chi connectivity index (χ4n) is 3.18. The van der Waals surface area contributed by atoms with E-state index < -0.39 is 16.1 Å². The largest absolute Gasteiger partial charge is 0.465 e. The van der Waals surface area contributed by atoms with Crippen LogP contribution in [0.15, 0.2) is 30.6 Å². The number of carboxylic acid groups (broad SMARTS) is 1. The van der Waals surface area contributed by atoms with Gasteiger partial charge in [0.2, 0.25) is 16.0 Å². The number of amides is 1. The Bertz CT molecular complexity index is 1350. The van der Waals surface area contributed by atoms with Gasteiger partial charge < -0.3 is 15.7 Å². The van der Waals surface area contributed by atoms with Crippen LogP contribution in [0.5, 0.6) is 0 Å². The molecule has 35 heavy (non-hydrogen) atoms. The second-order valence-electron chi connectivity index (χ2n) is 8.15. The van der Waals surface area contributed by atoms with Gasteiger partial charge in [0.1, 0.15) is 5.69 Å². The minimum absolute atomic E-state index is 0.0106. The highest BCUT2D eigenvalue weighted by Crippen LogP contribution is 2.40. The molecule has 3 rings (SSSR count). The van der Waals surface area contributed by atoms with Gasteiger partial charge in [0.05, 0.1) is 22.7 Å². The number of halogens is 2. The predicted octanol–water partition coefficient (Wildman–Crippen LogP) is 4.33. The summed E-state index contributed by atoms with van der Waals surface area (Å²) in [5, 5.41) is 19.3. The molecule has 2 aromatic heterocycles. The van der Waals surface area contributed by atoms with Crippen LogP contribution in [-0.4, -0.2) is 58.2 Å². The summed E-state index contributed by atoms with van der Waals surface area (Å²) >= 11 is 12.9. The van der Waals surface area contributed by atoms with Crippen LogP contribution in [0.4, 0.5) is 16.4 Å². The van der Waals surface area contributed by atoms with Crippen LogP contribution < -0.4 is 15.4 Å². The molecule has 0 aliphatic carbocycles. The molecule has 0 spiro atoms. The van der Waals surface area contributed by atoms with Crippen molar-refractivity contribution in [3.63, 3.8) is 0 Å². The third-order valence-corrected chi connectivity index (χ3v) is 5.93. The number of carbonyl (C=O) groups is 1. The molecular formula is C21H25Cl2N7O4S. The van der Waals surface area contributed by atoms with Crippen molar-refractivity contribution in [1.82, 2.24) is 25.1 Å². The molecule has 0 saturated carbocycles. The summed E-state index contributed by atoms with van der Waals surface area (Å²) < 4.78 is 27.7. The van der Waals surface area contributed by atoms with Gasteiger partial charge >= 0.3 is 6.09 Å². The van der Waals surface area contributed by atoms with E-state index in [-0.39, 0.29) is 34.4 Å². The van der Waals surface area contributed by atoms with E-state index in [0.29, 0.717) is 28.5 Å². The summed E-state index contributed by atoms with van der Waals surface area (Å²) in [6.07, 6.45) is 3.27. The van der Waals surface area contributed by atoms with Crippen molar-refractivity contribution in [2.45, 2.75) is 32.9 Å². The molecule has 1 atom stereocenters. The van der Waals surface area contributed by atoms with Crippen LogP contribution in [-0.2, 0) is 10.0 Å². The first-order valence-corrected chi connectivity index (χ1v) is 13.1. The van der Waals surface area contributed by atoms with E-state index in [1.54, 1.807) is 29.9 Å². The van der Waals surface area contributed by atoms with Crippen LogP contribution in [0.2, 0.25) is 10.0 Å². The highest BCUT2D eigenvalue weighted by atomic mass is 35.5. The van der Waals surface area contributed by atoms with Crippen molar-refractivity contribution in [1.29, 1.82) is 0 Å². The summed E-state index contributed by atoms with van der Waals surface area (Å²) in [6.45, 7) is 5.90. The van der Waals surface area contributed by atoms with Gasteiger partial charge in [0.15, 0.2) is 0 Å². The van der Waals surface area contributed by atoms with Crippen LogP contribution in [0.3, 0.4) is 0 Å². The number of rotatable bonds is 9. The van der Waals surface area contributed by atoms with E-state index in [9.17, 15) is 13.2 Å². The molecule has 3 aromatic rings. The lowest BCUT2D eigenvalue weighted by molar-refractivity contribution is 0.191. The smallest absolute Gasteiger partial charge is 0.404 e. The molecule has 11 nitrogen and oxygen atoms in total. The van der Waals surface area contributed by atoms with Crippen molar-refractivity contribution in [3.8, 4) is 22.5 Å². The topological polar surface area (TPSA) is 151 Å². The maximum Gasteiger partial charge on any atom is 0.404 e. The number of anilines is 2. The third-order valence-electron chi connectivity index (χ3n) is 4.72. The Labute approximate surface area is 212 Å². The fraction of sp³-hybridized carbons (Fsp3) is 0.333. The van der Waals surface area contributed by atoms with E-state index in [2.05, 4.69) is 30.4 Å². The summed E-state index contributed by atoms with van der Waals surface area (Å²) in [6, 6.07) is 4.37. The Balaban J connectivity index is 2.06. The molecule has 0 fully saturated rings. The molecule has 1 amide bonds. The standard InChI is InChI=1S/C21H25Cl2N7O4S/c1-11(2)30-10-15(16-5-6-24-20(27-16)25-9-12(3)26-21(31)32)19(28-30)14-7-13(22)8-17(18(14)23)29-35(4,33)34/h5-8,10-12,26,29H,9H2,1-4H3,(H,31,32)(H,24,25,27)/t12-/m0/s1. The maximum atomic E-state index is 11.8. The minimum atomic E-state index is -3.60. The number of benzene rings is 1. The van der Waals surface area contributed by atoms with Gasteiger partial charge in [0, 0.05) is 47.2 Å². The van der Waals surface area contributed by atoms with Crippen LogP contribution in [0, 0.1) is 0 Å². The zero-order valence-corrected chi connectivity index (χ0v) is 21.7. The van der Waals surface area contributed by atoms with Crippen molar-refractivity contribution >= 4 is 51.0 Å². The average Bonchev–Trinajstić information content (AvgIpc) is 3.19. The second-order valence-corrected chi connectivity index (χ2v) is 10.7. The number of hydrogen-bond acceptors (Lipinski definition) is 7. The van der Waals surface area contributed by atoms with E-state index in [4.69, 9.17) is 28.3 Å². The number of hydrogen-bond donors (Lipinski definition) is 4. The third kappa shape index (κ3) is 6.96. The Morgan fingerprint density at radius 3 is 2.54 bits per heavy atom. The number of nitrogens with one attached hydrogen (secondary N) is 3. The maximum absolute atomic E-state index is 11.8. The summed E-state index contributed by atoms with van der Waals surface area (Å²) in [5.41, 5.74) is 2.15. The highest BCUT2D eigenvalue weighted by molar-refractivity contribution is 7.92. The molecular weight excluding hydrogens is 517 g/mol. The van der Waals surface area contributed by atoms with Gasteiger partial charge in [-0.1, -0.05) is 23.2 Å². The van der Waals surface area contributed by atoms with Gasteiger partial charge in [-0.3, -0.25) is 9.40 Å². The van der Waals surface area contributed by atoms with Gasteiger partial charge in [-0.15, -0.1) is 0 Å². The summed E-state index contributed by atoms with van der Waals surface area (Å²) in [7, 11) is -3.60. The van der Waals surface area contributed by atoms with Gasteiger partial charge in [-0.25, -0.2) is 23.2 Å². The lowest BCUT2D eigenvalue weighted by atomic mass is 10.0. The molecule has 0 radical (unpaired) electrons. The van der Waals surface area contributed by atoms with Crippen LogP contribution >= 0.6 is 23.2 Å². The van der Waals surface area contributed by atoms with Crippen LogP contribution in [0.1, 0.15) is 26.8 Å². The van der Waals surface area contributed by atoms with Crippen molar-refractivity contribution < 1.29 is 18.3 Å². The summed E-state index contributed by atoms with van der Waals surface area (Å²) in [5.74, 6) is 0.293. The lowest BCUT2D eigenvalue weighted by Crippen LogP contribution is -2.36. The van der Waals surface area contributed by atoms with Crippen molar-refractivity contribution in [3.05, 3.63) is 40.6 Å². The van der Waals surface area contributed by atoms with E-state index in [1.165, 1.54) is 6.07 Å². The van der Waals surface area contributed by atoms with Gasteiger partial charge in [-0.05, 0) is 39.0 Å². The molecule has 0 saturated heterocycles. The first-order valence-electron chi connectivity index (χ1n) is 10.5. The molecule has 14 heteroatoms. The predicted molar refractivity (Wildman–Crippen MR) is 137 cm³/mol. The fourth-order valence-corrected chi connectivity index (χ4v) is 4.26. The molecule has 0 aliphatic rings. The zero-order valence-electron chi connectivity index (χ0n) is 19.4. The monoisotopic (exact) mass is 541 g/mol. The van der Waals surface area contributed by atoms with E-state index in [1.807, 2.05) is 20.0 Å². The normalized spacial score (nSPS) is 12.4. The quantitative estimate of drug-likeness (QED) is 0.312. The number of aromatic nitrogens is 4. The van der Waals surface area contributed by atoms with E-state index in [0.717, 1.165) is 6.26 Å². The Hall–Kier alpha value is -3.09. The molecule has 0 bridgehead atoms. The number of nitrogens with zero attached hydrogens (tertiary/aromatic N) is 4. The minimum Gasteiger partial charge on any atom is -0.465 e. The molecule has 2 heterocycles. The first kappa shape index (κ1) is 26.5. The average molecular weight is 542 g/mol. The van der Waals surface area contributed by atoms with Crippen LogP contribution in [0.25, 0.3) is 22.5 Å². The number of sulfonamides is 1. The Morgan fingerprint density at radius 1 is 1.20 bits per heavy atom. The Morgan fingerprint density at radius 2 is 1.91 bits per heavy atom. The van der Waals surface area contributed by atoms with Crippen molar-refractivity contribution in [2.75, 3.05) is 22.8 Å². The molecule has 0 aliphatic heterocycles. The molecule has 1 aromatic carbocycles. The zero-order chi connectivity index (χ0) is 25.9. The molecule has 188 valence electrons. The van der Waals surface area contributed by atoms with E-state index >= 15 is 0 Å². The lowest BCUT2D eigenvalue weighted by Gasteiger charge is -2.13. The second kappa shape index (κ2) is 10.7. The highest BCUT2D eigenvalue weighted by Gasteiger charge is 2.21. The van der Waals surface area contributed by atoms with Gasteiger partial charge in [0.25, 0.3) is 0 Å². The Kier molecular flexibility index (Phi) is 8.08. The SMILES string of the molecule is CC(C)n1cc(-c2ccnc(NC[C@H](C)NC(=O)O)n2)c(-c2cc(Cl)cc(NS(C)(=O)=O)c2Cl)n1. The van der Waals surface area contributed by atoms with Gasteiger partial charge in [-0.2, -0.15) is 5.10 Å². The summed E-state index contributed by atoms with van der Waals surface area (Å²) in [4.78, 5) is 19.6.